The van der Waals surface area contributed by atoms with Gasteiger partial charge in [-0.2, -0.15) is 0 Å². The van der Waals surface area contributed by atoms with Gasteiger partial charge in [0, 0.05) is 0 Å². The molecule has 82 valence electrons. The van der Waals surface area contributed by atoms with Crippen LogP contribution < -0.4 is 0 Å². The van der Waals surface area contributed by atoms with Crippen LogP contribution >= 0.6 is 0 Å². The molecule has 0 aromatic heterocycles. The van der Waals surface area contributed by atoms with Crippen LogP contribution in [-0.4, -0.2) is 23.8 Å². The largest absolute Gasteiger partial charge is 0.481 e. The molecule has 0 unspecified atom stereocenters. The highest BCUT2D eigenvalue weighted by Gasteiger charge is 2.26. The van der Waals surface area contributed by atoms with Crippen LogP contribution in [0.3, 0.4) is 0 Å². The fraction of sp³-hybridized carbons (Fsp3) is 0.909. The van der Waals surface area contributed by atoms with Gasteiger partial charge in [0.2, 0.25) is 0 Å². The molecule has 1 aliphatic rings. The van der Waals surface area contributed by atoms with E-state index in [-0.39, 0.29) is 6.42 Å². The summed E-state index contributed by atoms with van der Waals surface area (Å²) in [6, 6.07) is 0. The molecule has 0 radical (unpaired) electrons. The van der Waals surface area contributed by atoms with Crippen molar-refractivity contribution in [2.24, 2.45) is 5.41 Å². The minimum atomic E-state index is -0.777. The average Bonchev–Trinajstić information content (AvgIpc) is 2.07. The highest BCUT2D eigenvalue weighted by atomic mass is 16.5. The lowest BCUT2D eigenvalue weighted by atomic mass is 9.76. The zero-order valence-electron chi connectivity index (χ0n) is 9.08. The van der Waals surface area contributed by atoms with Gasteiger partial charge in [-0.15, -0.1) is 0 Å². The van der Waals surface area contributed by atoms with E-state index in [1.54, 1.807) is 0 Å². The number of carboxylic acids is 1. The first-order valence-corrected chi connectivity index (χ1v) is 5.33. The predicted octanol–water partition coefficient (Wildman–Crippen LogP) is 2.45. The molecule has 1 rings (SSSR count). The zero-order valence-corrected chi connectivity index (χ0v) is 9.08. The van der Waals surface area contributed by atoms with Crippen LogP contribution in [0.2, 0.25) is 0 Å². The third kappa shape index (κ3) is 4.09. The number of hydrogen-bond acceptors (Lipinski definition) is 2. The Balaban J connectivity index is 2.13. The summed E-state index contributed by atoms with van der Waals surface area (Å²) < 4.78 is 5.51. The zero-order chi connectivity index (χ0) is 10.6. The van der Waals surface area contributed by atoms with Crippen molar-refractivity contribution >= 4 is 5.97 Å². The molecule has 0 aliphatic heterocycles. The molecular weight excluding hydrogens is 180 g/mol. The highest BCUT2D eigenvalue weighted by molar-refractivity contribution is 5.66. The fourth-order valence-electron chi connectivity index (χ4n) is 1.85. The Hall–Kier alpha value is -0.570. The molecule has 3 nitrogen and oxygen atoms in total. The van der Waals surface area contributed by atoms with E-state index in [0.717, 1.165) is 12.8 Å². The molecule has 1 N–H and O–H groups in total. The van der Waals surface area contributed by atoms with Gasteiger partial charge >= 0.3 is 5.97 Å². The van der Waals surface area contributed by atoms with E-state index in [1.165, 1.54) is 12.8 Å². The van der Waals surface area contributed by atoms with Gasteiger partial charge in [0.25, 0.3) is 0 Å². The Morgan fingerprint density at radius 1 is 1.43 bits per heavy atom. The summed E-state index contributed by atoms with van der Waals surface area (Å²) >= 11 is 0. The maximum absolute atomic E-state index is 10.3. The number of rotatable bonds is 4. The van der Waals surface area contributed by atoms with Crippen molar-refractivity contribution in [3.8, 4) is 0 Å². The van der Waals surface area contributed by atoms with E-state index < -0.39 is 5.97 Å². The van der Waals surface area contributed by atoms with Gasteiger partial charge < -0.3 is 9.84 Å². The van der Waals surface area contributed by atoms with Crippen molar-refractivity contribution in [1.29, 1.82) is 0 Å². The number of carbonyl (C=O) groups is 1. The van der Waals surface area contributed by atoms with Crippen LogP contribution in [0.25, 0.3) is 0 Å². The van der Waals surface area contributed by atoms with Crippen molar-refractivity contribution < 1.29 is 14.6 Å². The average molecular weight is 200 g/mol. The number of carboxylic acid groups (broad SMARTS) is 1. The quantitative estimate of drug-likeness (QED) is 0.758. The molecule has 14 heavy (non-hydrogen) atoms. The first-order valence-electron chi connectivity index (χ1n) is 5.33. The van der Waals surface area contributed by atoms with E-state index >= 15 is 0 Å². The van der Waals surface area contributed by atoms with E-state index in [0.29, 0.717) is 18.1 Å². The molecule has 0 heterocycles. The summed E-state index contributed by atoms with van der Waals surface area (Å²) in [5.41, 5.74) is 0.451. The molecule has 1 saturated carbocycles. The van der Waals surface area contributed by atoms with E-state index in [9.17, 15) is 4.79 Å². The van der Waals surface area contributed by atoms with Gasteiger partial charge in [-0.05, 0) is 31.1 Å². The number of hydrogen-bond donors (Lipinski definition) is 1. The fourth-order valence-corrected chi connectivity index (χ4v) is 1.85. The molecule has 0 atom stereocenters. The molecule has 0 aromatic rings. The van der Waals surface area contributed by atoms with Gasteiger partial charge in [0.15, 0.2) is 0 Å². The minimum absolute atomic E-state index is 0.125. The summed E-state index contributed by atoms with van der Waals surface area (Å²) in [4.78, 5) is 10.3. The van der Waals surface area contributed by atoms with E-state index in [2.05, 4.69) is 13.8 Å². The second-order valence-electron chi connectivity index (χ2n) is 4.88. The molecule has 0 amide bonds. The maximum Gasteiger partial charge on any atom is 0.305 e. The molecule has 0 spiro atoms. The lowest BCUT2D eigenvalue weighted by molar-refractivity contribution is -0.139. The summed E-state index contributed by atoms with van der Waals surface area (Å²) in [5, 5.41) is 8.45. The summed E-state index contributed by atoms with van der Waals surface area (Å²) in [7, 11) is 0. The summed E-state index contributed by atoms with van der Waals surface area (Å²) in [6.07, 6.45) is 4.94. The molecule has 1 aliphatic carbocycles. The topological polar surface area (TPSA) is 46.5 Å². The Bertz CT molecular complexity index is 189. The van der Waals surface area contributed by atoms with Gasteiger partial charge in [-0.3, -0.25) is 4.79 Å². The second-order valence-corrected chi connectivity index (χ2v) is 4.88. The van der Waals surface area contributed by atoms with Gasteiger partial charge in [0.1, 0.15) is 0 Å². The van der Waals surface area contributed by atoms with Crippen molar-refractivity contribution in [2.75, 3.05) is 6.61 Å². The Kier molecular flexibility index (Phi) is 3.93. The third-order valence-electron chi connectivity index (χ3n) is 2.96. The lowest BCUT2D eigenvalue weighted by Gasteiger charge is -2.34. The van der Waals surface area contributed by atoms with Crippen LogP contribution in [0, 0.1) is 5.41 Å². The second kappa shape index (κ2) is 4.78. The normalized spacial score (nSPS) is 22.1. The number of aliphatic carboxylic acids is 1. The monoisotopic (exact) mass is 200 g/mol. The molecule has 3 heteroatoms. The van der Waals surface area contributed by atoms with Crippen LogP contribution in [0.1, 0.15) is 46.0 Å². The van der Waals surface area contributed by atoms with Gasteiger partial charge in [-0.25, -0.2) is 0 Å². The standard InChI is InChI=1S/C11H20O3/c1-11(2)6-3-9(4-7-11)14-8-5-10(12)13/h9H,3-8H2,1-2H3,(H,12,13). The van der Waals surface area contributed by atoms with E-state index in [4.69, 9.17) is 9.84 Å². The van der Waals surface area contributed by atoms with Crippen LogP contribution in [0.15, 0.2) is 0 Å². The molecule has 0 aromatic carbocycles. The minimum Gasteiger partial charge on any atom is -0.481 e. The smallest absolute Gasteiger partial charge is 0.305 e. The van der Waals surface area contributed by atoms with E-state index in [1.807, 2.05) is 0 Å². The Morgan fingerprint density at radius 3 is 2.50 bits per heavy atom. The lowest BCUT2D eigenvalue weighted by Crippen LogP contribution is -2.27. The molecule has 0 bridgehead atoms. The van der Waals surface area contributed by atoms with Crippen LogP contribution in [-0.2, 0) is 9.53 Å². The van der Waals surface area contributed by atoms with Gasteiger partial charge in [0.05, 0.1) is 19.1 Å². The first-order chi connectivity index (χ1) is 6.49. The number of ether oxygens (including phenoxy) is 1. The highest BCUT2D eigenvalue weighted by Crippen LogP contribution is 2.36. The SMILES string of the molecule is CC1(C)CCC(OCCC(=O)O)CC1. The maximum atomic E-state index is 10.3. The Morgan fingerprint density at radius 2 is 2.00 bits per heavy atom. The molecule has 0 saturated heterocycles. The van der Waals surface area contributed by atoms with Crippen LogP contribution in [0.4, 0.5) is 0 Å². The first kappa shape index (κ1) is 11.5. The van der Waals surface area contributed by atoms with Crippen LogP contribution in [0.5, 0.6) is 0 Å². The van der Waals surface area contributed by atoms with Crippen molar-refractivity contribution in [2.45, 2.75) is 52.1 Å². The Labute approximate surface area is 85.5 Å². The van der Waals surface area contributed by atoms with Crippen molar-refractivity contribution in [3.63, 3.8) is 0 Å². The van der Waals surface area contributed by atoms with Crippen molar-refractivity contribution in [3.05, 3.63) is 0 Å². The predicted molar refractivity (Wildman–Crippen MR) is 54.2 cm³/mol. The van der Waals surface area contributed by atoms with Gasteiger partial charge in [-0.1, -0.05) is 13.8 Å². The molecular formula is C11H20O3. The van der Waals surface area contributed by atoms with Crippen molar-refractivity contribution in [1.82, 2.24) is 0 Å². The summed E-state index contributed by atoms with van der Waals surface area (Å²) in [6.45, 7) is 4.92. The summed E-state index contributed by atoms with van der Waals surface area (Å²) in [5.74, 6) is -0.777. The third-order valence-corrected chi connectivity index (χ3v) is 2.96. The molecule has 1 fully saturated rings.